The third-order valence-corrected chi connectivity index (χ3v) is 4.43. The van der Waals surface area contributed by atoms with Gasteiger partial charge in [-0.3, -0.25) is 4.99 Å². The third kappa shape index (κ3) is 4.32. The number of hydrogen-bond acceptors (Lipinski definition) is 2. The molecule has 128 valence electrons. The van der Waals surface area contributed by atoms with Gasteiger partial charge in [0.15, 0.2) is 5.96 Å². The maximum atomic E-state index is 13.9. The molecule has 2 fully saturated rings. The summed E-state index contributed by atoms with van der Waals surface area (Å²) >= 11 is 0. The topological polar surface area (TPSA) is 59.6 Å². The van der Waals surface area contributed by atoms with E-state index in [9.17, 15) is 8.78 Å². The van der Waals surface area contributed by atoms with Gasteiger partial charge in [0.2, 0.25) is 0 Å². The minimum absolute atomic E-state index is 0. The SMILES string of the molecule is I.NC(=NCC1(c2c(F)cccc2F)CC1)NCC1CCCO1. The lowest BCUT2D eigenvalue weighted by Gasteiger charge is -2.16. The van der Waals surface area contributed by atoms with Crippen LogP contribution in [0, 0.1) is 11.6 Å². The van der Waals surface area contributed by atoms with Crippen molar-refractivity contribution in [2.45, 2.75) is 37.2 Å². The second-order valence-corrected chi connectivity index (χ2v) is 6.09. The number of nitrogens with two attached hydrogens (primary N) is 1. The van der Waals surface area contributed by atoms with E-state index in [1.807, 2.05) is 0 Å². The first-order valence-electron chi connectivity index (χ1n) is 7.71. The van der Waals surface area contributed by atoms with Gasteiger partial charge in [0.05, 0.1) is 12.6 Å². The van der Waals surface area contributed by atoms with Gasteiger partial charge >= 0.3 is 0 Å². The highest BCUT2D eigenvalue weighted by Gasteiger charge is 2.47. The number of hydrogen-bond donors (Lipinski definition) is 2. The van der Waals surface area contributed by atoms with Gasteiger partial charge in [0.1, 0.15) is 11.6 Å². The van der Waals surface area contributed by atoms with Gasteiger partial charge in [-0.15, -0.1) is 24.0 Å². The molecule has 0 aromatic heterocycles. The van der Waals surface area contributed by atoms with Gasteiger partial charge in [-0.05, 0) is 37.8 Å². The van der Waals surface area contributed by atoms with Gasteiger partial charge in [0, 0.05) is 24.1 Å². The van der Waals surface area contributed by atoms with Crippen LogP contribution in [-0.2, 0) is 10.2 Å². The molecule has 1 saturated carbocycles. The summed E-state index contributed by atoms with van der Waals surface area (Å²) < 4.78 is 33.3. The predicted molar refractivity (Wildman–Crippen MR) is 96.2 cm³/mol. The summed E-state index contributed by atoms with van der Waals surface area (Å²) in [6.45, 7) is 1.71. The maximum absolute atomic E-state index is 13.9. The molecule has 1 atom stereocenters. The van der Waals surface area contributed by atoms with E-state index < -0.39 is 17.0 Å². The van der Waals surface area contributed by atoms with E-state index in [0.717, 1.165) is 32.3 Å². The van der Waals surface area contributed by atoms with Gasteiger partial charge in [-0.1, -0.05) is 6.07 Å². The highest BCUT2D eigenvalue weighted by molar-refractivity contribution is 14.0. The normalized spacial score (nSPS) is 22.5. The van der Waals surface area contributed by atoms with E-state index in [2.05, 4.69) is 10.3 Å². The van der Waals surface area contributed by atoms with Crippen LogP contribution in [0.5, 0.6) is 0 Å². The van der Waals surface area contributed by atoms with E-state index in [4.69, 9.17) is 10.5 Å². The van der Waals surface area contributed by atoms with Gasteiger partial charge < -0.3 is 15.8 Å². The fraction of sp³-hybridized carbons (Fsp3) is 0.562. The summed E-state index contributed by atoms with van der Waals surface area (Å²) in [5.41, 5.74) is 5.44. The zero-order chi connectivity index (χ0) is 15.6. The molecule has 2 aliphatic rings. The zero-order valence-corrected chi connectivity index (χ0v) is 15.2. The lowest BCUT2D eigenvalue weighted by atomic mass is 9.95. The molecular weight excluding hydrogens is 415 g/mol. The van der Waals surface area contributed by atoms with Crippen molar-refractivity contribution in [1.29, 1.82) is 0 Å². The summed E-state index contributed by atoms with van der Waals surface area (Å²) in [5.74, 6) is -0.698. The number of benzene rings is 1. The van der Waals surface area contributed by atoms with Crippen molar-refractivity contribution in [2.75, 3.05) is 19.7 Å². The first kappa shape index (κ1) is 18.4. The van der Waals surface area contributed by atoms with E-state index in [1.54, 1.807) is 0 Å². The molecule has 3 rings (SSSR count). The molecule has 1 saturated heterocycles. The Morgan fingerprint density at radius 3 is 2.61 bits per heavy atom. The Morgan fingerprint density at radius 2 is 2.04 bits per heavy atom. The number of guanidine groups is 1. The quantitative estimate of drug-likeness (QED) is 0.423. The van der Waals surface area contributed by atoms with Crippen molar-refractivity contribution >= 4 is 29.9 Å². The highest BCUT2D eigenvalue weighted by atomic mass is 127. The second-order valence-electron chi connectivity index (χ2n) is 6.09. The Hall–Kier alpha value is -0.960. The largest absolute Gasteiger partial charge is 0.376 e. The van der Waals surface area contributed by atoms with Crippen LogP contribution in [-0.4, -0.2) is 31.8 Å². The molecule has 1 aromatic rings. The average molecular weight is 437 g/mol. The molecule has 7 heteroatoms. The Balaban J connectivity index is 0.00000192. The summed E-state index contributed by atoms with van der Waals surface area (Å²) in [7, 11) is 0. The minimum Gasteiger partial charge on any atom is -0.376 e. The highest BCUT2D eigenvalue weighted by Crippen LogP contribution is 2.50. The monoisotopic (exact) mass is 437 g/mol. The van der Waals surface area contributed by atoms with E-state index in [0.29, 0.717) is 19.0 Å². The maximum Gasteiger partial charge on any atom is 0.188 e. The van der Waals surface area contributed by atoms with E-state index in [-0.39, 0.29) is 35.6 Å². The zero-order valence-electron chi connectivity index (χ0n) is 12.9. The van der Waals surface area contributed by atoms with Crippen molar-refractivity contribution in [2.24, 2.45) is 10.7 Å². The molecule has 1 heterocycles. The van der Waals surface area contributed by atoms with Crippen LogP contribution in [0.25, 0.3) is 0 Å². The van der Waals surface area contributed by atoms with Crippen LogP contribution >= 0.6 is 24.0 Å². The van der Waals surface area contributed by atoms with Gasteiger partial charge in [-0.2, -0.15) is 0 Å². The summed E-state index contributed by atoms with van der Waals surface area (Å²) in [5, 5.41) is 3.02. The average Bonchev–Trinajstić information content (AvgIpc) is 3.08. The van der Waals surface area contributed by atoms with Crippen LogP contribution in [0.3, 0.4) is 0 Å². The first-order chi connectivity index (χ1) is 10.6. The fourth-order valence-electron chi connectivity index (χ4n) is 2.96. The van der Waals surface area contributed by atoms with Crippen molar-refractivity contribution in [1.82, 2.24) is 5.32 Å². The number of nitrogens with one attached hydrogen (secondary N) is 1. The molecule has 23 heavy (non-hydrogen) atoms. The second kappa shape index (κ2) is 7.74. The standard InChI is InChI=1S/C16H21F2N3O.HI/c17-12-4-1-5-13(18)14(12)16(6-7-16)10-21-15(19)20-9-11-3-2-8-22-11;/h1,4-5,11H,2-3,6-10H2,(H3,19,20,21);1H. The molecule has 0 radical (unpaired) electrons. The smallest absolute Gasteiger partial charge is 0.188 e. The predicted octanol–water partition coefficient (Wildman–Crippen LogP) is 2.70. The lowest BCUT2D eigenvalue weighted by molar-refractivity contribution is 0.114. The van der Waals surface area contributed by atoms with Crippen LogP contribution < -0.4 is 11.1 Å². The molecular formula is C16H22F2IN3O. The Bertz CT molecular complexity index is 552. The summed E-state index contributed by atoms with van der Waals surface area (Å²) in [6.07, 6.45) is 3.72. The molecule has 1 unspecified atom stereocenters. The minimum atomic E-state index is -0.536. The van der Waals surface area contributed by atoms with E-state index >= 15 is 0 Å². The number of ether oxygens (including phenoxy) is 1. The molecule has 0 spiro atoms. The van der Waals surface area contributed by atoms with Crippen molar-refractivity contribution < 1.29 is 13.5 Å². The Kier molecular flexibility index (Phi) is 6.19. The Labute approximate surface area is 151 Å². The number of nitrogens with zero attached hydrogens (tertiary/aromatic N) is 1. The van der Waals surface area contributed by atoms with Crippen LogP contribution in [0.1, 0.15) is 31.2 Å². The molecule has 1 aliphatic heterocycles. The van der Waals surface area contributed by atoms with Crippen LogP contribution in [0.2, 0.25) is 0 Å². The number of halogens is 3. The summed E-state index contributed by atoms with van der Waals surface area (Å²) in [4.78, 5) is 4.27. The van der Waals surface area contributed by atoms with Gasteiger partial charge in [-0.25, -0.2) is 8.78 Å². The van der Waals surface area contributed by atoms with Crippen molar-refractivity contribution in [3.8, 4) is 0 Å². The molecule has 0 amide bonds. The lowest BCUT2D eigenvalue weighted by Crippen LogP contribution is -2.37. The molecule has 3 N–H and O–H groups in total. The number of rotatable bonds is 5. The Morgan fingerprint density at radius 1 is 1.35 bits per heavy atom. The van der Waals surface area contributed by atoms with Crippen LogP contribution in [0.15, 0.2) is 23.2 Å². The van der Waals surface area contributed by atoms with Crippen LogP contribution in [0.4, 0.5) is 8.78 Å². The third-order valence-electron chi connectivity index (χ3n) is 4.43. The van der Waals surface area contributed by atoms with Crippen molar-refractivity contribution in [3.63, 3.8) is 0 Å². The molecule has 0 bridgehead atoms. The fourth-order valence-corrected chi connectivity index (χ4v) is 2.96. The number of aliphatic imine (C=N–C) groups is 1. The summed E-state index contributed by atoms with van der Waals surface area (Å²) in [6, 6.07) is 3.97. The van der Waals surface area contributed by atoms with Crippen molar-refractivity contribution in [3.05, 3.63) is 35.4 Å². The molecule has 1 aliphatic carbocycles. The molecule has 1 aromatic carbocycles. The molecule has 4 nitrogen and oxygen atoms in total. The van der Waals surface area contributed by atoms with E-state index in [1.165, 1.54) is 18.2 Å². The first-order valence-corrected chi connectivity index (χ1v) is 7.71. The van der Waals surface area contributed by atoms with Gasteiger partial charge in [0.25, 0.3) is 0 Å².